The number of carbonyl (C=O) groups is 2. The normalized spacial score (nSPS) is 12.2. The van der Waals surface area contributed by atoms with E-state index in [1.807, 2.05) is 0 Å². The molecule has 7 nitrogen and oxygen atoms in total. The molecule has 0 aromatic carbocycles. The van der Waals surface area contributed by atoms with Crippen LogP contribution < -0.4 is 0 Å². The predicted molar refractivity (Wildman–Crippen MR) is 81.2 cm³/mol. The van der Waals surface area contributed by atoms with Gasteiger partial charge in [0.1, 0.15) is 12.4 Å². The second-order valence-corrected chi connectivity index (χ2v) is 8.21. The van der Waals surface area contributed by atoms with Crippen molar-refractivity contribution < 1.29 is 32.2 Å². The largest absolute Gasteiger partial charge is 0.508 e. The van der Waals surface area contributed by atoms with E-state index in [1.165, 1.54) is 27.9 Å². The Kier molecular flexibility index (Phi) is 8.77. The number of unbranched alkanes of at least 4 members (excludes halogenated alkanes) is 1. The van der Waals surface area contributed by atoms with Gasteiger partial charge in [-0.1, -0.05) is 12.2 Å². The fourth-order valence-corrected chi connectivity index (χ4v) is 1.99. The second kappa shape index (κ2) is 9.45. The van der Waals surface area contributed by atoms with Gasteiger partial charge in [0.2, 0.25) is 0 Å². The summed E-state index contributed by atoms with van der Waals surface area (Å²) in [5, 5.41) is 0. The van der Waals surface area contributed by atoms with Crippen LogP contribution in [0.3, 0.4) is 0 Å². The van der Waals surface area contributed by atoms with Crippen molar-refractivity contribution in [3.8, 4) is 0 Å². The van der Waals surface area contributed by atoms with Gasteiger partial charge in [0.15, 0.2) is 9.84 Å². The Morgan fingerprint density at radius 3 is 2.27 bits per heavy atom. The first kappa shape index (κ1) is 20.4. The van der Waals surface area contributed by atoms with E-state index in [9.17, 15) is 18.0 Å². The van der Waals surface area contributed by atoms with Gasteiger partial charge in [0, 0.05) is 0 Å². The van der Waals surface area contributed by atoms with Crippen molar-refractivity contribution >= 4 is 22.0 Å². The Bertz CT molecular complexity index is 486. The molecule has 0 heterocycles. The van der Waals surface area contributed by atoms with Crippen LogP contribution in [-0.4, -0.2) is 51.4 Å². The van der Waals surface area contributed by atoms with Gasteiger partial charge in [-0.05, 0) is 33.6 Å². The number of ether oxygens (including phenoxy) is 3. The van der Waals surface area contributed by atoms with Crippen molar-refractivity contribution in [1.29, 1.82) is 0 Å². The van der Waals surface area contributed by atoms with Crippen LogP contribution in [0.5, 0.6) is 0 Å². The Hall–Kier alpha value is -1.57. The maximum atomic E-state index is 11.8. The van der Waals surface area contributed by atoms with Gasteiger partial charge in [-0.2, -0.15) is 0 Å². The van der Waals surface area contributed by atoms with Gasteiger partial charge in [0.25, 0.3) is 0 Å². The van der Waals surface area contributed by atoms with Crippen LogP contribution in [0.2, 0.25) is 0 Å². The van der Waals surface area contributed by atoms with Gasteiger partial charge in [-0.3, -0.25) is 4.79 Å². The number of sulfone groups is 1. The summed E-state index contributed by atoms with van der Waals surface area (Å²) in [6.45, 7) is 4.86. The van der Waals surface area contributed by atoms with E-state index in [2.05, 4.69) is 9.47 Å². The van der Waals surface area contributed by atoms with E-state index in [4.69, 9.17) is 4.74 Å². The molecule has 0 bridgehead atoms. The number of hydrogen-bond donors (Lipinski definition) is 0. The lowest BCUT2D eigenvalue weighted by molar-refractivity contribution is -0.140. The zero-order valence-corrected chi connectivity index (χ0v) is 14.3. The monoisotopic (exact) mass is 336 g/mol. The first-order valence-electron chi connectivity index (χ1n) is 6.84. The lowest BCUT2D eigenvalue weighted by atomic mass is 10.3. The molecule has 8 heteroatoms. The number of allylic oxidation sites excluding steroid dienone is 1. The molecule has 0 fully saturated rings. The molecule has 128 valence electrons. The molecule has 0 atom stereocenters. The summed E-state index contributed by atoms with van der Waals surface area (Å²) in [6, 6.07) is 0. The summed E-state index contributed by atoms with van der Waals surface area (Å²) in [4.78, 5) is 22.1. The van der Waals surface area contributed by atoms with Gasteiger partial charge in [-0.25, -0.2) is 13.2 Å². The molecule has 22 heavy (non-hydrogen) atoms. The minimum atomic E-state index is -3.51. The highest BCUT2D eigenvalue weighted by Crippen LogP contribution is 2.16. The van der Waals surface area contributed by atoms with Crippen LogP contribution in [0.25, 0.3) is 0 Å². The number of hydrogen-bond acceptors (Lipinski definition) is 7. The summed E-state index contributed by atoms with van der Waals surface area (Å²) in [6.07, 6.45) is 3.82. The van der Waals surface area contributed by atoms with Crippen LogP contribution in [0.1, 0.15) is 33.6 Å². The van der Waals surface area contributed by atoms with Crippen LogP contribution in [0.4, 0.5) is 4.79 Å². The van der Waals surface area contributed by atoms with Crippen LogP contribution in [-0.2, 0) is 28.8 Å². The summed E-state index contributed by atoms with van der Waals surface area (Å²) in [7, 11) is -2.29. The van der Waals surface area contributed by atoms with Crippen molar-refractivity contribution in [1.82, 2.24) is 0 Å². The van der Waals surface area contributed by atoms with Gasteiger partial charge in [-0.15, -0.1) is 0 Å². The number of carbonyl (C=O) groups excluding carboxylic acids is 2. The molecule has 0 spiro atoms. The lowest BCUT2D eigenvalue weighted by Crippen LogP contribution is -2.34. The highest BCUT2D eigenvalue weighted by atomic mass is 32.2. The topological polar surface area (TPSA) is 96.0 Å². The van der Waals surface area contributed by atoms with Crippen LogP contribution in [0, 0.1) is 0 Å². The predicted octanol–water partition coefficient (Wildman–Crippen LogP) is 1.86. The first-order valence-corrected chi connectivity index (χ1v) is 8.49. The molecule has 0 aliphatic carbocycles. The Morgan fingerprint density at radius 1 is 1.09 bits per heavy atom. The summed E-state index contributed by atoms with van der Waals surface area (Å²) in [5.74, 6) is -1.35. The van der Waals surface area contributed by atoms with Gasteiger partial charge < -0.3 is 14.2 Å². The zero-order chi connectivity index (χ0) is 17.2. The Labute approximate surface area is 131 Å². The smallest absolute Gasteiger partial charge is 0.465 e. The Balaban J connectivity index is 3.83. The van der Waals surface area contributed by atoms with Crippen LogP contribution >= 0.6 is 0 Å². The maximum Gasteiger partial charge on any atom is 0.508 e. The molecule has 0 aliphatic rings. The van der Waals surface area contributed by atoms with E-state index < -0.39 is 32.5 Å². The molecule has 0 saturated heterocycles. The molecule has 0 radical (unpaired) electrons. The third kappa shape index (κ3) is 8.66. The van der Waals surface area contributed by atoms with Gasteiger partial charge >= 0.3 is 12.1 Å². The quantitative estimate of drug-likeness (QED) is 0.379. The van der Waals surface area contributed by atoms with Crippen molar-refractivity contribution in [2.24, 2.45) is 0 Å². The SMILES string of the molecule is COC(=O)OC/C=C/CCCOC(=O)CS(=O)(=O)C(C)(C)C. The average molecular weight is 336 g/mol. The van der Waals surface area contributed by atoms with E-state index in [-0.39, 0.29) is 13.2 Å². The molecule has 0 saturated carbocycles. The molecule has 0 unspecified atom stereocenters. The zero-order valence-electron chi connectivity index (χ0n) is 13.5. The van der Waals surface area contributed by atoms with Gasteiger partial charge in [0.05, 0.1) is 18.5 Å². The van der Waals surface area contributed by atoms with Crippen molar-refractivity contribution in [3.05, 3.63) is 12.2 Å². The summed E-state index contributed by atoms with van der Waals surface area (Å²) in [5.41, 5.74) is 0. The van der Waals surface area contributed by atoms with E-state index >= 15 is 0 Å². The summed E-state index contributed by atoms with van der Waals surface area (Å²) >= 11 is 0. The molecule has 0 aromatic heterocycles. The molecule has 0 aromatic rings. The van der Waals surface area contributed by atoms with E-state index in [0.29, 0.717) is 12.8 Å². The number of methoxy groups -OCH3 is 1. The molecule has 0 N–H and O–H groups in total. The minimum absolute atomic E-state index is 0.107. The fraction of sp³-hybridized carbons (Fsp3) is 0.714. The highest BCUT2D eigenvalue weighted by molar-refractivity contribution is 7.93. The third-order valence-electron chi connectivity index (χ3n) is 2.65. The maximum absolute atomic E-state index is 11.8. The molecular formula is C14H24O7S. The third-order valence-corrected chi connectivity index (χ3v) is 5.13. The van der Waals surface area contributed by atoms with Crippen LogP contribution in [0.15, 0.2) is 12.2 Å². The molecule has 0 amide bonds. The van der Waals surface area contributed by atoms with Crippen molar-refractivity contribution in [2.45, 2.75) is 38.4 Å². The average Bonchev–Trinajstić information content (AvgIpc) is 2.39. The van der Waals surface area contributed by atoms with E-state index in [1.54, 1.807) is 12.2 Å². The standard InChI is InChI=1S/C14H24O7S/c1-14(2,3)22(17,18)11-12(15)20-9-7-5-6-8-10-21-13(16)19-4/h6,8H,5,7,9-11H2,1-4H3/b8-6+. The molecule has 0 rings (SSSR count). The van der Waals surface area contributed by atoms with E-state index in [0.717, 1.165) is 0 Å². The Morgan fingerprint density at radius 2 is 1.73 bits per heavy atom. The lowest BCUT2D eigenvalue weighted by Gasteiger charge is -2.18. The number of rotatable bonds is 8. The minimum Gasteiger partial charge on any atom is -0.465 e. The first-order chi connectivity index (χ1) is 10.1. The fourth-order valence-electron chi connectivity index (χ4n) is 1.16. The molecular weight excluding hydrogens is 312 g/mol. The number of esters is 1. The second-order valence-electron chi connectivity index (χ2n) is 5.47. The van der Waals surface area contributed by atoms with Crippen molar-refractivity contribution in [2.75, 3.05) is 26.1 Å². The highest BCUT2D eigenvalue weighted by Gasteiger charge is 2.31. The molecule has 0 aliphatic heterocycles. The van der Waals surface area contributed by atoms with Crippen molar-refractivity contribution in [3.63, 3.8) is 0 Å². The summed E-state index contributed by atoms with van der Waals surface area (Å²) < 4.78 is 36.4.